The van der Waals surface area contributed by atoms with Gasteiger partial charge in [0.2, 0.25) is 0 Å². The standard InChI is InChI=1S/C25H25N3O6S2/c1-17-3-9-22(10-4-17)35(31,32)26-24(29)20-8-7-19-13-14-28(16-21(19)15-20)25(30)27-36(33,34)23-11-5-18(2)6-12-23/h3-12,15H,13-14,16H2,1-2H3,(H,26,29)(H,27,30). The van der Waals surface area contributed by atoms with Crippen LogP contribution in [-0.4, -0.2) is 40.2 Å². The number of carbonyl (C=O) groups excluding carboxylic acids is 2. The van der Waals surface area contributed by atoms with Gasteiger partial charge in [0.1, 0.15) is 0 Å². The number of hydrogen-bond donors (Lipinski definition) is 2. The van der Waals surface area contributed by atoms with Crippen molar-refractivity contribution in [3.8, 4) is 0 Å². The number of sulfonamides is 2. The molecule has 3 amide bonds. The highest BCUT2D eigenvalue weighted by atomic mass is 32.2. The van der Waals surface area contributed by atoms with Crippen LogP contribution in [0.4, 0.5) is 4.79 Å². The molecule has 9 nitrogen and oxygen atoms in total. The lowest BCUT2D eigenvalue weighted by Crippen LogP contribution is -2.45. The lowest BCUT2D eigenvalue weighted by molar-refractivity contribution is 0.0981. The van der Waals surface area contributed by atoms with Crippen LogP contribution in [0, 0.1) is 13.8 Å². The van der Waals surface area contributed by atoms with Crippen molar-refractivity contribution in [3.63, 3.8) is 0 Å². The van der Waals surface area contributed by atoms with E-state index in [0.717, 1.165) is 16.7 Å². The van der Waals surface area contributed by atoms with Gasteiger partial charge in [-0.2, -0.15) is 0 Å². The van der Waals surface area contributed by atoms with Gasteiger partial charge in [0, 0.05) is 18.7 Å². The van der Waals surface area contributed by atoms with E-state index in [1.165, 1.54) is 41.3 Å². The molecular formula is C25H25N3O6S2. The quantitative estimate of drug-likeness (QED) is 0.525. The molecule has 2 N–H and O–H groups in total. The number of fused-ring (bicyclic) bond motifs is 1. The first kappa shape index (κ1) is 25.4. The van der Waals surface area contributed by atoms with E-state index in [9.17, 15) is 26.4 Å². The molecule has 188 valence electrons. The highest BCUT2D eigenvalue weighted by Gasteiger charge is 2.26. The van der Waals surface area contributed by atoms with Gasteiger partial charge in [-0.05, 0) is 67.8 Å². The predicted molar refractivity (Wildman–Crippen MR) is 133 cm³/mol. The maximum absolute atomic E-state index is 12.7. The number of hydrogen-bond acceptors (Lipinski definition) is 6. The SMILES string of the molecule is Cc1ccc(S(=O)(=O)NC(=O)c2ccc3c(c2)CN(C(=O)NS(=O)(=O)c2ccc(C)cc2)CC3)cc1. The van der Waals surface area contributed by atoms with Crippen molar-refractivity contribution in [2.45, 2.75) is 36.6 Å². The summed E-state index contributed by atoms with van der Waals surface area (Å²) in [6.07, 6.45) is 0.455. The van der Waals surface area contributed by atoms with Gasteiger partial charge in [-0.3, -0.25) is 4.79 Å². The average Bonchev–Trinajstić information content (AvgIpc) is 2.83. The Morgan fingerprint density at radius 3 is 1.81 bits per heavy atom. The maximum Gasteiger partial charge on any atom is 0.331 e. The molecule has 3 aromatic carbocycles. The normalized spacial score (nSPS) is 13.6. The molecule has 0 radical (unpaired) electrons. The van der Waals surface area contributed by atoms with Crippen molar-refractivity contribution in [2.24, 2.45) is 0 Å². The third kappa shape index (κ3) is 5.58. The Hall–Kier alpha value is -3.70. The summed E-state index contributed by atoms with van der Waals surface area (Å²) in [5.41, 5.74) is 3.40. The van der Waals surface area contributed by atoms with Crippen molar-refractivity contribution >= 4 is 32.0 Å². The average molecular weight is 528 g/mol. The summed E-state index contributed by atoms with van der Waals surface area (Å²) in [4.78, 5) is 26.7. The first-order chi connectivity index (χ1) is 16.9. The van der Waals surface area contributed by atoms with E-state index in [1.807, 2.05) is 13.8 Å². The van der Waals surface area contributed by atoms with Crippen LogP contribution < -0.4 is 9.44 Å². The fourth-order valence-electron chi connectivity index (χ4n) is 3.78. The van der Waals surface area contributed by atoms with Crippen LogP contribution in [0.25, 0.3) is 0 Å². The highest BCUT2D eigenvalue weighted by molar-refractivity contribution is 7.90. The maximum atomic E-state index is 12.7. The molecule has 0 unspecified atom stereocenters. The minimum Gasteiger partial charge on any atom is -0.319 e. The number of aryl methyl sites for hydroxylation is 2. The van der Waals surface area contributed by atoms with Crippen LogP contribution in [0.2, 0.25) is 0 Å². The molecule has 0 saturated heterocycles. The second kappa shape index (κ2) is 9.75. The van der Waals surface area contributed by atoms with Gasteiger partial charge in [-0.25, -0.2) is 31.1 Å². The third-order valence-electron chi connectivity index (χ3n) is 5.88. The van der Waals surface area contributed by atoms with E-state index < -0.39 is 32.0 Å². The van der Waals surface area contributed by atoms with Crippen LogP contribution in [0.5, 0.6) is 0 Å². The smallest absolute Gasteiger partial charge is 0.319 e. The molecule has 4 rings (SSSR count). The molecule has 1 aliphatic heterocycles. The number of amides is 3. The highest BCUT2D eigenvalue weighted by Crippen LogP contribution is 2.22. The van der Waals surface area contributed by atoms with Gasteiger partial charge >= 0.3 is 6.03 Å². The van der Waals surface area contributed by atoms with Gasteiger partial charge in [-0.1, -0.05) is 41.5 Å². The first-order valence-corrected chi connectivity index (χ1v) is 14.1. The number of nitrogens with one attached hydrogen (secondary N) is 2. The summed E-state index contributed by atoms with van der Waals surface area (Å²) < 4.78 is 54.5. The van der Waals surface area contributed by atoms with Crippen molar-refractivity contribution in [1.82, 2.24) is 14.3 Å². The van der Waals surface area contributed by atoms with Gasteiger partial charge in [-0.15, -0.1) is 0 Å². The van der Waals surface area contributed by atoms with Gasteiger partial charge < -0.3 is 4.90 Å². The fraction of sp³-hybridized carbons (Fsp3) is 0.200. The number of benzene rings is 3. The van der Waals surface area contributed by atoms with E-state index >= 15 is 0 Å². The van der Waals surface area contributed by atoms with Crippen molar-refractivity contribution in [2.75, 3.05) is 6.54 Å². The molecule has 36 heavy (non-hydrogen) atoms. The second-order valence-corrected chi connectivity index (χ2v) is 12.0. The number of carbonyl (C=O) groups is 2. The van der Waals surface area contributed by atoms with Crippen LogP contribution in [0.3, 0.4) is 0 Å². The molecule has 0 bridgehead atoms. The molecular weight excluding hydrogens is 502 g/mol. The largest absolute Gasteiger partial charge is 0.331 e. The Balaban J connectivity index is 1.47. The monoisotopic (exact) mass is 527 g/mol. The molecule has 0 atom stereocenters. The Kier molecular flexibility index (Phi) is 6.87. The minimum absolute atomic E-state index is 0.0207. The molecule has 11 heteroatoms. The zero-order valence-electron chi connectivity index (χ0n) is 19.7. The summed E-state index contributed by atoms with van der Waals surface area (Å²) in [5.74, 6) is -0.804. The molecule has 3 aromatic rings. The zero-order valence-corrected chi connectivity index (χ0v) is 21.3. The Morgan fingerprint density at radius 2 is 1.25 bits per heavy atom. The second-order valence-electron chi connectivity index (χ2n) is 8.63. The Bertz CT molecular complexity index is 1530. The van der Waals surface area contributed by atoms with Crippen LogP contribution in [-0.2, 0) is 33.0 Å². The Morgan fingerprint density at radius 1 is 0.722 bits per heavy atom. The molecule has 1 aliphatic rings. The van der Waals surface area contributed by atoms with Crippen LogP contribution in [0.1, 0.15) is 32.6 Å². The molecule has 0 spiro atoms. The molecule has 0 aliphatic carbocycles. The molecule has 0 aromatic heterocycles. The van der Waals surface area contributed by atoms with Gasteiger partial charge in [0.05, 0.1) is 9.79 Å². The molecule has 0 saturated carbocycles. The molecule has 1 heterocycles. The summed E-state index contributed by atoms with van der Waals surface area (Å²) in [6.45, 7) is 4.00. The van der Waals surface area contributed by atoms with E-state index in [-0.39, 0.29) is 28.4 Å². The summed E-state index contributed by atoms with van der Waals surface area (Å²) in [6, 6.07) is 16.2. The number of rotatable bonds is 5. The predicted octanol–water partition coefficient (Wildman–Crippen LogP) is 2.88. The zero-order chi connectivity index (χ0) is 26.1. The fourth-order valence-corrected chi connectivity index (χ4v) is 5.73. The van der Waals surface area contributed by atoms with E-state index in [0.29, 0.717) is 12.0 Å². The molecule has 0 fully saturated rings. The van der Waals surface area contributed by atoms with Crippen LogP contribution >= 0.6 is 0 Å². The number of nitrogens with zero attached hydrogens (tertiary/aromatic N) is 1. The number of urea groups is 1. The van der Waals surface area contributed by atoms with Gasteiger partial charge in [0.25, 0.3) is 26.0 Å². The summed E-state index contributed by atoms with van der Waals surface area (Å²) in [5, 5.41) is 0. The van der Waals surface area contributed by atoms with Crippen molar-refractivity contribution < 1.29 is 26.4 Å². The lowest BCUT2D eigenvalue weighted by atomic mass is 9.97. The third-order valence-corrected chi connectivity index (χ3v) is 8.56. The van der Waals surface area contributed by atoms with Crippen LogP contribution in [0.15, 0.2) is 76.5 Å². The summed E-state index contributed by atoms with van der Waals surface area (Å²) >= 11 is 0. The lowest BCUT2D eigenvalue weighted by Gasteiger charge is -2.29. The summed E-state index contributed by atoms with van der Waals surface area (Å²) in [7, 11) is -8.11. The van der Waals surface area contributed by atoms with E-state index in [4.69, 9.17) is 0 Å². The van der Waals surface area contributed by atoms with E-state index in [2.05, 4.69) is 9.44 Å². The minimum atomic E-state index is -4.06. The van der Waals surface area contributed by atoms with Crippen molar-refractivity contribution in [3.05, 3.63) is 94.5 Å². The van der Waals surface area contributed by atoms with E-state index in [1.54, 1.807) is 30.3 Å². The first-order valence-electron chi connectivity index (χ1n) is 11.1. The topological polar surface area (TPSA) is 130 Å². The van der Waals surface area contributed by atoms with Gasteiger partial charge in [0.15, 0.2) is 0 Å². The van der Waals surface area contributed by atoms with Crippen molar-refractivity contribution in [1.29, 1.82) is 0 Å². The Labute approximate surface area is 210 Å².